The average molecular weight is 475 g/mol. The lowest BCUT2D eigenvalue weighted by Crippen LogP contribution is -2.16. The molecule has 0 saturated carbocycles. The van der Waals surface area contributed by atoms with Gasteiger partial charge >= 0.3 is 5.97 Å². The van der Waals surface area contributed by atoms with E-state index >= 15 is 0 Å². The van der Waals surface area contributed by atoms with Crippen molar-refractivity contribution in [2.45, 2.75) is 44.3 Å². The highest BCUT2D eigenvalue weighted by Gasteiger charge is 2.21. The van der Waals surface area contributed by atoms with E-state index in [1.54, 1.807) is 25.1 Å². The van der Waals surface area contributed by atoms with Crippen molar-refractivity contribution in [1.82, 2.24) is 14.8 Å². The van der Waals surface area contributed by atoms with Gasteiger partial charge in [-0.1, -0.05) is 30.3 Å². The Balaban J connectivity index is 1.48. The Kier molecular flexibility index (Phi) is 7.21. The van der Waals surface area contributed by atoms with E-state index in [0.717, 1.165) is 47.2 Å². The Hall–Kier alpha value is -2.72. The Morgan fingerprint density at radius 2 is 2.03 bits per heavy atom. The van der Waals surface area contributed by atoms with Crippen molar-refractivity contribution >= 4 is 40.7 Å². The zero-order valence-electron chi connectivity index (χ0n) is 17.6. The van der Waals surface area contributed by atoms with Gasteiger partial charge < -0.3 is 14.6 Å². The molecule has 0 fully saturated rings. The number of esters is 1. The fourth-order valence-electron chi connectivity index (χ4n) is 3.47. The van der Waals surface area contributed by atoms with Gasteiger partial charge in [-0.15, -0.1) is 21.5 Å². The number of thioether (sulfide) groups is 1. The molecule has 4 rings (SSSR count). The molecule has 3 heterocycles. The van der Waals surface area contributed by atoms with E-state index in [9.17, 15) is 14.0 Å². The van der Waals surface area contributed by atoms with Gasteiger partial charge in [-0.2, -0.15) is 0 Å². The Bertz CT molecular complexity index is 1110. The first-order valence-electron chi connectivity index (χ1n) is 10.5. The second kappa shape index (κ2) is 10.3. The molecule has 32 heavy (non-hydrogen) atoms. The summed E-state index contributed by atoms with van der Waals surface area (Å²) in [7, 11) is 0. The topological polar surface area (TPSA) is 86.1 Å². The Morgan fingerprint density at radius 1 is 1.22 bits per heavy atom. The zero-order chi connectivity index (χ0) is 22.5. The highest BCUT2D eigenvalue weighted by Crippen LogP contribution is 2.35. The molecule has 1 N–H and O–H groups in total. The maximum atomic E-state index is 13.3. The Morgan fingerprint density at radius 3 is 2.81 bits per heavy atom. The second-order valence-corrected chi connectivity index (χ2v) is 9.27. The lowest BCUT2D eigenvalue weighted by atomic mass is 10.2. The number of ether oxygens (including phenoxy) is 1. The predicted molar refractivity (Wildman–Crippen MR) is 123 cm³/mol. The number of aromatic nitrogens is 3. The number of thiophene rings is 1. The van der Waals surface area contributed by atoms with Gasteiger partial charge in [0.1, 0.15) is 16.5 Å². The molecule has 1 amide bonds. The summed E-state index contributed by atoms with van der Waals surface area (Å²) in [5.74, 6) is 0.0125. The average Bonchev–Trinajstić information content (AvgIpc) is 3.29. The Labute approximate surface area is 193 Å². The molecular weight excluding hydrogens is 451 g/mol. The number of anilines is 1. The summed E-state index contributed by atoms with van der Waals surface area (Å²) in [6.07, 6.45) is 4.26. The first-order valence-corrected chi connectivity index (χ1v) is 12.3. The van der Waals surface area contributed by atoms with Crippen LogP contribution in [0.2, 0.25) is 0 Å². The van der Waals surface area contributed by atoms with E-state index in [2.05, 4.69) is 20.1 Å². The van der Waals surface area contributed by atoms with Crippen LogP contribution in [-0.4, -0.2) is 39.0 Å². The van der Waals surface area contributed by atoms with Crippen molar-refractivity contribution in [2.24, 2.45) is 0 Å². The van der Waals surface area contributed by atoms with Crippen LogP contribution >= 0.6 is 23.1 Å². The van der Waals surface area contributed by atoms with Crippen LogP contribution in [0.25, 0.3) is 10.4 Å². The third kappa shape index (κ3) is 5.18. The number of carbonyl (C=O) groups excluding carboxylic acids is 2. The van der Waals surface area contributed by atoms with E-state index in [1.165, 1.54) is 41.7 Å². The van der Waals surface area contributed by atoms with Crippen molar-refractivity contribution < 1.29 is 18.7 Å². The number of fused-ring (bicyclic) bond motifs is 1. The molecule has 1 aliphatic heterocycles. The molecule has 1 aromatic carbocycles. The number of hydrogen-bond acceptors (Lipinski definition) is 7. The molecular formula is C22H23FN4O3S2. The molecule has 0 aliphatic carbocycles. The number of amides is 1. The third-order valence-electron chi connectivity index (χ3n) is 5.00. The standard InChI is InChI=1S/C22H23FN4O3S2/c1-2-30-21(29)20-16(12-17(32-20)14-7-9-15(23)10-8-14)24-19(28)13-31-22-26-25-18-6-4-3-5-11-27(18)22/h7-10,12H,2-6,11,13H2,1H3,(H,24,28). The molecule has 0 radical (unpaired) electrons. The second-order valence-electron chi connectivity index (χ2n) is 7.28. The SMILES string of the molecule is CCOC(=O)c1sc(-c2ccc(F)cc2)cc1NC(=O)CSc1nnc2n1CCCCC2. The molecule has 1 aliphatic rings. The van der Waals surface area contributed by atoms with Gasteiger partial charge in [0.2, 0.25) is 5.91 Å². The van der Waals surface area contributed by atoms with E-state index in [1.807, 2.05) is 0 Å². The van der Waals surface area contributed by atoms with Crippen molar-refractivity contribution in [3.63, 3.8) is 0 Å². The molecule has 2 aromatic heterocycles. The summed E-state index contributed by atoms with van der Waals surface area (Å²) in [5, 5.41) is 12.0. The molecule has 7 nitrogen and oxygen atoms in total. The molecule has 0 atom stereocenters. The normalized spacial score (nSPS) is 13.3. The summed E-state index contributed by atoms with van der Waals surface area (Å²) < 4.78 is 20.5. The predicted octanol–water partition coefficient (Wildman–Crippen LogP) is 4.78. The van der Waals surface area contributed by atoms with Gasteiger partial charge in [0.05, 0.1) is 18.0 Å². The van der Waals surface area contributed by atoms with E-state index < -0.39 is 5.97 Å². The number of halogens is 1. The minimum atomic E-state index is -0.503. The molecule has 0 saturated heterocycles. The van der Waals surface area contributed by atoms with Crippen molar-refractivity contribution in [2.75, 3.05) is 17.7 Å². The fraction of sp³-hybridized carbons (Fsp3) is 0.364. The van der Waals surface area contributed by atoms with Crippen molar-refractivity contribution in [3.8, 4) is 10.4 Å². The van der Waals surface area contributed by atoms with E-state index in [0.29, 0.717) is 10.6 Å². The number of nitrogens with one attached hydrogen (secondary N) is 1. The van der Waals surface area contributed by atoms with Crippen molar-refractivity contribution in [3.05, 3.63) is 46.9 Å². The van der Waals surface area contributed by atoms with Crippen LogP contribution in [0.4, 0.5) is 10.1 Å². The van der Waals surface area contributed by atoms with Crippen LogP contribution < -0.4 is 5.32 Å². The fourth-order valence-corrected chi connectivity index (χ4v) is 5.27. The minimum absolute atomic E-state index is 0.141. The van der Waals surface area contributed by atoms with Crippen molar-refractivity contribution in [1.29, 1.82) is 0 Å². The highest BCUT2D eigenvalue weighted by atomic mass is 32.2. The van der Waals surface area contributed by atoms with Crippen LogP contribution in [0.15, 0.2) is 35.5 Å². The van der Waals surface area contributed by atoms with Gasteiger partial charge in [-0.3, -0.25) is 4.79 Å². The molecule has 3 aromatic rings. The molecule has 0 unspecified atom stereocenters. The van der Waals surface area contributed by atoms with Crippen LogP contribution in [0.1, 0.15) is 41.7 Å². The van der Waals surface area contributed by atoms with E-state index in [4.69, 9.17) is 4.74 Å². The van der Waals surface area contributed by atoms with Crippen LogP contribution in [0.3, 0.4) is 0 Å². The first kappa shape index (κ1) is 22.5. The lowest BCUT2D eigenvalue weighted by Gasteiger charge is -2.07. The maximum absolute atomic E-state index is 13.3. The minimum Gasteiger partial charge on any atom is -0.462 e. The molecule has 10 heteroatoms. The summed E-state index contributed by atoms with van der Waals surface area (Å²) in [6, 6.07) is 7.70. The van der Waals surface area contributed by atoms with Gasteiger partial charge in [0, 0.05) is 17.8 Å². The zero-order valence-corrected chi connectivity index (χ0v) is 19.2. The van der Waals surface area contributed by atoms with E-state index in [-0.39, 0.29) is 24.1 Å². The van der Waals surface area contributed by atoms with Gasteiger partial charge in [0.25, 0.3) is 0 Å². The molecule has 168 valence electrons. The van der Waals surface area contributed by atoms with Gasteiger partial charge in [-0.25, -0.2) is 9.18 Å². The summed E-state index contributed by atoms with van der Waals surface area (Å²) in [5.41, 5.74) is 1.14. The van der Waals surface area contributed by atoms with Crippen LogP contribution in [0, 0.1) is 5.82 Å². The highest BCUT2D eigenvalue weighted by molar-refractivity contribution is 7.99. The quantitative estimate of drug-likeness (QED) is 0.392. The number of nitrogens with zero attached hydrogens (tertiary/aromatic N) is 3. The molecule has 0 spiro atoms. The van der Waals surface area contributed by atoms with Gasteiger partial charge in [0.15, 0.2) is 5.16 Å². The van der Waals surface area contributed by atoms with Crippen LogP contribution in [-0.2, 0) is 22.5 Å². The monoisotopic (exact) mass is 474 g/mol. The molecule has 0 bridgehead atoms. The lowest BCUT2D eigenvalue weighted by molar-refractivity contribution is -0.113. The number of benzene rings is 1. The summed E-state index contributed by atoms with van der Waals surface area (Å²) in [6.45, 7) is 2.82. The first-order chi connectivity index (χ1) is 15.5. The summed E-state index contributed by atoms with van der Waals surface area (Å²) >= 11 is 2.53. The largest absolute Gasteiger partial charge is 0.462 e. The number of aryl methyl sites for hydroxylation is 1. The number of hydrogen-bond donors (Lipinski definition) is 1. The smallest absolute Gasteiger partial charge is 0.350 e. The number of carbonyl (C=O) groups is 2. The number of rotatable bonds is 7. The van der Waals surface area contributed by atoms with Crippen LogP contribution in [0.5, 0.6) is 0 Å². The summed E-state index contributed by atoms with van der Waals surface area (Å²) in [4.78, 5) is 26.2. The third-order valence-corrected chi connectivity index (χ3v) is 7.13. The van der Waals surface area contributed by atoms with Gasteiger partial charge in [-0.05, 0) is 43.5 Å². The maximum Gasteiger partial charge on any atom is 0.350 e.